The lowest BCUT2D eigenvalue weighted by Crippen LogP contribution is -2.11. The number of rotatable bonds is 1. The van der Waals surface area contributed by atoms with Gasteiger partial charge in [0.15, 0.2) is 11.5 Å². The topological polar surface area (TPSA) is 70.3 Å². The molecular formula is C19H15N3O2. The molecule has 1 aromatic heterocycles. The molecule has 0 radical (unpaired) electrons. The van der Waals surface area contributed by atoms with Gasteiger partial charge in [-0.15, -0.1) is 0 Å². The summed E-state index contributed by atoms with van der Waals surface area (Å²) in [6.45, 7) is 0.260. The quantitative estimate of drug-likeness (QED) is 0.746. The SMILES string of the molecule is Nc1nc(-c2ccc3c(c2)OCO3)c2c(n1)-c1ccccc1CC2. The second-order valence-electron chi connectivity index (χ2n) is 5.98. The Morgan fingerprint density at radius 2 is 1.71 bits per heavy atom. The number of hydrogen-bond donors (Lipinski definition) is 1. The van der Waals surface area contributed by atoms with Crippen LogP contribution in [0.25, 0.3) is 22.5 Å². The van der Waals surface area contributed by atoms with Crippen LogP contribution in [0.1, 0.15) is 11.1 Å². The summed E-state index contributed by atoms with van der Waals surface area (Å²) in [6.07, 6.45) is 1.88. The van der Waals surface area contributed by atoms with E-state index in [4.69, 9.17) is 15.2 Å². The highest BCUT2D eigenvalue weighted by atomic mass is 16.7. The minimum Gasteiger partial charge on any atom is -0.454 e. The molecule has 2 heterocycles. The third kappa shape index (κ3) is 1.94. The Balaban J connectivity index is 1.73. The number of nitrogens with zero attached hydrogens (tertiary/aromatic N) is 2. The third-order valence-electron chi connectivity index (χ3n) is 4.59. The molecule has 0 fully saturated rings. The van der Waals surface area contributed by atoms with Gasteiger partial charge >= 0.3 is 0 Å². The molecule has 1 aliphatic heterocycles. The first-order valence-corrected chi connectivity index (χ1v) is 7.94. The summed E-state index contributed by atoms with van der Waals surface area (Å²) in [4.78, 5) is 9.05. The highest BCUT2D eigenvalue weighted by Crippen LogP contribution is 2.40. The molecule has 118 valence electrons. The van der Waals surface area contributed by atoms with Crippen molar-refractivity contribution in [2.45, 2.75) is 12.8 Å². The van der Waals surface area contributed by atoms with Gasteiger partial charge in [-0.2, -0.15) is 0 Å². The smallest absolute Gasteiger partial charge is 0.231 e. The Labute approximate surface area is 139 Å². The van der Waals surface area contributed by atoms with Crippen LogP contribution in [0.2, 0.25) is 0 Å². The van der Waals surface area contributed by atoms with Gasteiger partial charge in [0, 0.05) is 16.7 Å². The molecule has 1 aliphatic carbocycles. The second-order valence-corrected chi connectivity index (χ2v) is 5.98. The van der Waals surface area contributed by atoms with Crippen LogP contribution in [-0.4, -0.2) is 16.8 Å². The summed E-state index contributed by atoms with van der Waals surface area (Å²) >= 11 is 0. The van der Waals surface area contributed by atoms with Gasteiger partial charge in [0.25, 0.3) is 0 Å². The normalized spacial score (nSPS) is 14.2. The van der Waals surface area contributed by atoms with Crippen LogP contribution in [0, 0.1) is 0 Å². The standard InChI is InChI=1S/C19H15N3O2/c20-19-21-17(12-6-8-15-16(9-12)24-10-23-15)14-7-5-11-3-1-2-4-13(11)18(14)22-19/h1-4,6,8-9H,5,7,10H2,(H2,20,21,22). The molecule has 0 saturated carbocycles. The van der Waals surface area contributed by atoms with E-state index in [1.165, 1.54) is 5.56 Å². The number of aryl methyl sites for hydroxylation is 1. The molecule has 24 heavy (non-hydrogen) atoms. The van der Waals surface area contributed by atoms with Crippen molar-refractivity contribution >= 4 is 5.95 Å². The lowest BCUT2D eigenvalue weighted by molar-refractivity contribution is 0.174. The number of fused-ring (bicyclic) bond motifs is 4. The molecule has 5 heteroatoms. The molecule has 5 rings (SSSR count). The van der Waals surface area contributed by atoms with Crippen molar-refractivity contribution in [3.05, 3.63) is 53.6 Å². The Morgan fingerprint density at radius 1 is 0.875 bits per heavy atom. The molecule has 0 amide bonds. The monoisotopic (exact) mass is 317 g/mol. The average Bonchev–Trinajstić information content (AvgIpc) is 3.08. The molecular weight excluding hydrogens is 302 g/mol. The predicted octanol–water partition coefficient (Wildman–Crippen LogP) is 3.22. The summed E-state index contributed by atoms with van der Waals surface area (Å²) < 4.78 is 10.9. The van der Waals surface area contributed by atoms with Crippen molar-refractivity contribution in [1.29, 1.82) is 0 Å². The first-order chi connectivity index (χ1) is 11.8. The number of nitrogen functional groups attached to an aromatic ring is 1. The average molecular weight is 317 g/mol. The molecule has 2 aliphatic rings. The maximum atomic E-state index is 6.01. The largest absolute Gasteiger partial charge is 0.454 e. The molecule has 2 aromatic carbocycles. The molecule has 0 atom stereocenters. The minimum absolute atomic E-state index is 0.260. The maximum Gasteiger partial charge on any atom is 0.231 e. The molecule has 3 aromatic rings. The number of anilines is 1. The lowest BCUT2D eigenvalue weighted by Gasteiger charge is -2.21. The zero-order chi connectivity index (χ0) is 16.1. The molecule has 0 unspecified atom stereocenters. The fraction of sp³-hybridized carbons (Fsp3) is 0.158. The minimum atomic E-state index is 0.260. The van der Waals surface area contributed by atoms with Gasteiger partial charge < -0.3 is 15.2 Å². The summed E-state index contributed by atoms with van der Waals surface area (Å²) in [5, 5.41) is 0. The van der Waals surface area contributed by atoms with Crippen LogP contribution in [0.3, 0.4) is 0 Å². The van der Waals surface area contributed by atoms with Gasteiger partial charge in [-0.25, -0.2) is 9.97 Å². The van der Waals surface area contributed by atoms with E-state index in [1.807, 2.05) is 24.3 Å². The summed E-state index contributed by atoms with van der Waals surface area (Å²) in [7, 11) is 0. The first kappa shape index (κ1) is 13.4. The fourth-order valence-electron chi connectivity index (χ4n) is 3.47. The molecule has 2 N–H and O–H groups in total. The van der Waals surface area contributed by atoms with E-state index in [9.17, 15) is 0 Å². The zero-order valence-electron chi connectivity index (χ0n) is 13.0. The van der Waals surface area contributed by atoms with E-state index < -0.39 is 0 Å². The summed E-state index contributed by atoms with van der Waals surface area (Å²) in [6, 6.07) is 14.2. The fourth-order valence-corrected chi connectivity index (χ4v) is 3.47. The molecule has 0 saturated heterocycles. The van der Waals surface area contributed by atoms with Crippen molar-refractivity contribution in [1.82, 2.24) is 9.97 Å². The van der Waals surface area contributed by atoms with Crippen molar-refractivity contribution in [3.63, 3.8) is 0 Å². The van der Waals surface area contributed by atoms with E-state index in [2.05, 4.69) is 28.2 Å². The lowest BCUT2D eigenvalue weighted by atomic mass is 9.87. The number of hydrogen-bond acceptors (Lipinski definition) is 5. The van der Waals surface area contributed by atoms with E-state index in [0.717, 1.165) is 52.4 Å². The number of ether oxygens (including phenoxy) is 2. The van der Waals surface area contributed by atoms with E-state index in [1.54, 1.807) is 0 Å². The van der Waals surface area contributed by atoms with Crippen LogP contribution in [-0.2, 0) is 12.8 Å². The molecule has 5 nitrogen and oxygen atoms in total. The maximum absolute atomic E-state index is 6.01. The van der Waals surface area contributed by atoms with Gasteiger partial charge in [0.1, 0.15) is 0 Å². The predicted molar refractivity (Wildman–Crippen MR) is 90.8 cm³/mol. The van der Waals surface area contributed by atoms with Crippen LogP contribution >= 0.6 is 0 Å². The van der Waals surface area contributed by atoms with Gasteiger partial charge in [-0.1, -0.05) is 24.3 Å². The summed E-state index contributed by atoms with van der Waals surface area (Å²) in [5.41, 5.74) is 12.4. The van der Waals surface area contributed by atoms with E-state index >= 15 is 0 Å². The van der Waals surface area contributed by atoms with Crippen molar-refractivity contribution in [3.8, 4) is 34.0 Å². The van der Waals surface area contributed by atoms with E-state index in [0.29, 0.717) is 0 Å². The van der Waals surface area contributed by atoms with Crippen LogP contribution in [0.5, 0.6) is 11.5 Å². The van der Waals surface area contributed by atoms with Crippen molar-refractivity contribution in [2.24, 2.45) is 0 Å². The number of benzene rings is 2. The molecule has 0 spiro atoms. The van der Waals surface area contributed by atoms with Crippen LogP contribution < -0.4 is 15.2 Å². The number of nitrogens with two attached hydrogens (primary N) is 1. The van der Waals surface area contributed by atoms with Gasteiger partial charge in [-0.05, 0) is 36.6 Å². The zero-order valence-corrected chi connectivity index (χ0v) is 13.0. The Bertz CT molecular complexity index is 969. The molecule has 0 bridgehead atoms. The van der Waals surface area contributed by atoms with Crippen molar-refractivity contribution in [2.75, 3.05) is 12.5 Å². The van der Waals surface area contributed by atoms with Crippen molar-refractivity contribution < 1.29 is 9.47 Å². The van der Waals surface area contributed by atoms with Gasteiger partial charge in [0.05, 0.1) is 11.4 Å². The van der Waals surface area contributed by atoms with Crippen LogP contribution in [0.15, 0.2) is 42.5 Å². The van der Waals surface area contributed by atoms with E-state index in [-0.39, 0.29) is 12.7 Å². The number of aromatic nitrogens is 2. The Morgan fingerprint density at radius 3 is 2.67 bits per heavy atom. The highest BCUT2D eigenvalue weighted by Gasteiger charge is 2.23. The van der Waals surface area contributed by atoms with Gasteiger partial charge in [0.2, 0.25) is 12.7 Å². The third-order valence-corrected chi connectivity index (χ3v) is 4.59. The summed E-state index contributed by atoms with van der Waals surface area (Å²) in [5.74, 6) is 1.80. The Hall–Kier alpha value is -3.08. The first-order valence-electron chi connectivity index (χ1n) is 7.94. The van der Waals surface area contributed by atoms with Crippen LogP contribution in [0.4, 0.5) is 5.95 Å². The Kier molecular flexibility index (Phi) is 2.76. The highest BCUT2D eigenvalue weighted by molar-refractivity contribution is 5.79. The van der Waals surface area contributed by atoms with Gasteiger partial charge in [-0.3, -0.25) is 0 Å². The second kappa shape index (κ2) is 4.96.